The molecule has 11 heavy (non-hydrogen) atoms. The highest BCUT2D eigenvalue weighted by molar-refractivity contribution is 5.33. The first kappa shape index (κ1) is 34.2. The van der Waals surface area contributed by atoms with Crippen molar-refractivity contribution in [3.8, 4) is 0 Å². The van der Waals surface area contributed by atoms with Crippen LogP contribution in [0.25, 0.3) is 0 Å². The van der Waals surface area contributed by atoms with Crippen molar-refractivity contribution in [2.24, 2.45) is 0 Å². The van der Waals surface area contributed by atoms with Crippen molar-refractivity contribution in [1.29, 1.82) is 0 Å². The molecule has 0 unspecified atom stereocenters. The fourth-order valence-electron chi connectivity index (χ4n) is 0. The van der Waals surface area contributed by atoms with Crippen LogP contribution >= 0.6 is 0 Å². The molecule has 0 aromatic carbocycles. The van der Waals surface area contributed by atoms with Crippen LogP contribution in [-0.4, -0.2) is 34.7 Å². The summed E-state index contributed by atoms with van der Waals surface area (Å²) < 4.78 is 0. The van der Waals surface area contributed by atoms with Gasteiger partial charge in [-0.2, -0.15) is 0 Å². The third-order valence-electron chi connectivity index (χ3n) is 0. The largest absolute Gasteiger partial charge is 0.483 e. The normalized spacial score (nSPS) is 3.27. The van der Waals surface area contributed by atoms with Crippen LogP contribution in [0.5, 0.6) is 0 Å². The molecule has 6 heteroatoms. The van der Waals surface area contributed by atoms with Crippen LogP contribution in [0.1, 0.15) is 14.9 Å². The molecule has 0 radical (unpaired) electrons. The lowest BCUT2D eigenvalue weighted by Crippen LogP contribution is -1.49. The maximum atomic E-state index is 8.36. The van der Waals surface area contributed by atoms with Crippen molar-refractivity contribution in [2.75, 3.05) is 0 Å². The summed E-state index contributed by atoms with van der Waals surface area (Å²) in [5.41, 5.74) is 0. The number of rotatable bonds is 0. The molecule has 0 saturated heterocycles. The summed E-state index contributed by atoms with van der Waals surface area (Å²) in [6.07, 6.45) is 0. The van der Waals surface area contributed by atoms with E-state index in [2.05, 4.69) is 0 Å². The molecule has 0 spiro atoms. The fourth-order valence-corrected chi connectivity index (χ4v) is 0. The van der Waals surface area contributed by atoms with Crippen molar-refractivity contribution < 1.29 is 29.7 Å². The second-order valence-corrected chi connectivity index (χ2v) is 0.316. The first-order chi connectivity index (χ1) is 4.24. The second-order valence-electron chi connectivity index (χ2n) is 0.316. The molecule has 0 rings (SSSR count). The Morgan fingerprint density at radius 2 is 0.636 bits per heavy atom. The number of carboxylic acid groups (broad SMARTS) is 3. The summed E-state index contributed by atoms with van der Waals surface area (Å²) in [7, 11) is 0. The third kappa shape index (κ3) is 137. The number of hydrogen-bond acceptors (Lipinski definition) is 3. The quantitative estimate of drug-likeness (QED) is 0.453. The van der Waals surface area contributed by atoms with E-state index in [1.807, 2.05) is 0 Å². The molecule has 6 nitrogen and oxygen atoms in total. The molecule has 0 saturated carbocycles. The molecule has 0 aliphatic heterocycles. The van der Waals surface area contributed by atoms with Gasteiger partial charge in [0.25, 0.3) is 19.4 Å². The van der Waals surface area contributed by atoms with Gasteiger partial charge in [0.2, 0.25) is 0 Å². The molecular formula is C5H14O6. The Balaban J connectivity index is -0.0000000150. The Kier molecular flexibility index (Phi) is 723. The molecule has 3 N–H and O–H groups in total. The van der Waals surface area contributed by atoms with Crippen molar-refractivity contribution in [1.82, 2.24) is 0 Å². The van der Waals surface area contributed by atoms with Crippen LogP contribution in [0.2, 0.25) is 0 Å². The summed E-state index contributed by atoms with van der Waals surface area (Å²) in [4.78, 5) is 25.1. The number of carbonyl (C=O) groups is 3. The van der Waals surface area contributed by atoms with Gasteiger partial charge in [0, 0.05) is 0 Å². The Morgan fingerprint density at radius 1 is 0.636 bits per heavy atom. The van der Waals surface area contributed by atoms with Gasteiger partial charge in [0.05, 0.1) is 0 Å². The average molecular weight is 170 g/mol. The van der Waals surface area contributed by atoms with Gasteiger partial charge in [0.1, 0.15) is 0 Å². The van der Waals surface area contributed by atoms with Gasteiger partial charge in [-0.3, -0.25) is 14.4 Å². The molecule has 0 aromatic heterocycles. The van der Waals surface area contributed by atoms with Gasteiger partial charge >= 0.3 is 0 Å². The van der Waals surface area contributed by atoms with Crippen LogP contribution in [0, 0.1) is 0 Å². The maximum absolute atomic E-state index is 8.36. The molecule has 0 aliphatic carbocycles. The zero-order valence-electron chi connectivity index (χ0n) is 4.30. The summed E-state index contributed by atoms with van der Waals surface area (Å²) >= 11 is 0. The van der Waals surface area contributed by atoms with E-state index in [-0.39, 0.29) is 34.3 Å². The smallest absolute Gasteiger partial charge is 0.290 e. The van der Waals surface area contributed by atoms with E-state index < -0.39 is 0 Å². The highest BCUT2D eigenvalue weighted by Gasteiger charge is 1.22. The number of hydrogen-bond donors (Lipinski definition) is 3. The summed E-state index contributed by atoms with van der Waals surface area (Å²) in [6, 6.07) is 0. The topological polar surface area (TPSA) is 112 Å². The molecule has 0 aromatic rings. The van der Waals surface area contributed by atoms with Gasteiger partial charge in [-0.1, -0.05) is 14.9 Å². The fraction of sp³-hybridized carbons (Fsp3) is 0.400. The zero-order valence-corrected chi connectivity index (χ0v) is 4.30. The van der Waals surface area contributed by atoms with E-state index in [9.17, 15) is 0 Å². The summed E-state index contributed by atoms with van der Waals surface area (Å²) in [5, 5.41) is 20.7. The highest BCUT2D eigenvalue weighted by atomic mass is 16.4. The molecule has 70 valence electrons. The minimum Gasteiger partial charge on any atom is -0.483 e. The van der Waals surface area contributed by atoms with E-state index in [4.69, 9.17) is 29.7 Å². The van der Waals surface area contributed by atoms with E-state index >= 15 is 0 Å². The van der Waals surface area contributed by atoms with E-state index in [0.717, 1.165) is 0 Å². The Morgan fingerprint density at radius 3 is 0.636 bits per heavy atom. The molecule has 0 atom stereocenters. The Labute approximate surface area is 65.1 Å². The molecule has 0 heterocycles. The van der Waals surface area contributed by atoms with Crippen LogP contribution in [0.3, 0.4) is 0 Å². The first-order valence-electron chi connectivity index (χ1n) is 1.48. The lowest BCUT2D eigenvalue weighted by molar-refractivity contribution is -0.123. The molecule has 0 bridgehead atoms. The van der Waals surface area contributed by atoms with Gasteiger partial charge in [0.15, 0.2) is 0 Å². The van der Waals surface area contributed by atoms with Crippen LogP contribution in [0.15, 0.2) is 0 Å². The zero-order chi connectivity index (χ0) is 8.12. The average Bonchev–Trinajstić information content (AvgIpc) is 1.70. The molecule has 0 amide bonds. The van der Waals surface area contributed by atoms with E-state index in [1.165, 1.54) is 0 Å². The van der Waals surface area contributed by atoms with Crippen LogP contribution < -0.4 is 0 Å². The predicted octanol–water partition coefficient (Wildman–Crippen LogP) is 0.375. The SMILES string of the molecule is C.C.O=CO.O=CO.O=CO. The lowest BCUT2D eigenvalue weighted by atomic mass is 11.7. The van der Waals surface area contributed by atoms with Crippen LogP contribution in [-0.2, 0) is 14.4 Å². The van der Waals surface area contributed by atoms with Crippen molar-refractivity contribution >= 4 is 19.4 Å². The predicted molar refractivity (Wildman–Crippen MR) is 39.5 cm³/mol. The maximum Gasteiger partial charge on any atom is 0.290 e. The Bertz CT molecular complexity index is 47.7. The molecule has 0 fully saturated rings. The van der Waals surface area contributed by atoms with Gasteiger partial charge in [-0.15, -0.1) is 0 Å². The standard InChI is InChI=1S/3CH2O2.2CH4/c3*2-1-3;;/h3*1H,(H,2,3);2*1H4. The lowest BCUT2D eigenvalue weighted by Gasteiger charge is -1.34. The minimum atomic E-state index is -0.250. The van der Waals surface area contributed by atoms with Crippen molar-refractivity contribution in [2.45, 2.75) is 14.9 Å². The van der Waals surface area contributed by atoms with Crippen molar-refractivity contribution in [3.05, 3.63) is 0 Å². The first-order valence-corrected chi connectivity index (χ1v) is 1.48. The minimum absolute atomic E-state index is 0. The molecular weight excluding hydrogens is 156 g/mol. The van der Waals surface area contributed by atoms with Crippen molar-refractivity contribution in [3.63, 3.8) is 0 Å². The summed E-state index contributed by atoms with van der Waals surface area (Å²) in [5.74, 6) is 0. The second kappa shape index (κ2) is 232. The van der Waals surface area contributed by atoms with Gasteiger partial charge in [-0.05, 0) is 0 Å². The monoisotopic (exact) mass is 170 g/mol. The van der Waals surface area contributed by atoms with Crippen LogP contribution in [0.4, 0.5) is 0 Å². The Hall–Kier alpha value is -1.59. The van der Waals surface area contributed by atoms with Gasteiger partial charge < -0.3 is 15.3 Å². The third-order valence-corrected chi connectivity index (χ3v) is 0. The van der Waals surface area contributed by atoms with E-state index in [1.54, 1.807) is 0 Å². The van der Waals surface area contributed by atoms with E-state index in [0.29, 0.717) is 0 Å². The van der Waals surface area contributed by atoms with Gasteiger partial charge in [-0.25, -0.2) is 0 Å². The molecule has 0 aliphatic rings. The highest BCUT2D eigenvalue weighted by Crippen LogP contribution is 0.972. The summed E-state index contributed by atoms with van der Waals surface area (Å²) in [6.45, 7) is -0.750.